The number of ether oxygens (including phenoxy) is 1. The topological polar surface area (TPSA) is 88.1 Å². The van der Waals surface area contributed by atoms with Crippen LogP contribution < -0.4 is 5.73 Å². The number of hydrogen-bond donors (Lipinski definition) is 1. The van der Waals surface area contributed by atoms with Crippen LogP contribution in [0.4, 0.5) is 4.39 Å². The standard InChI is InChI=1S/C16H26FN5O2Si/c1-16(2,3)25(4,5)24-13-11(6-18)23-15(12(13)17)22-9-21-10-7-19-8-20-14(10)22/h7-9,11-13,15H,6,18H2,1-5H3/t11-,12-,13?,15-/m1/s1. The number of nitrogens with two attached hydrogens (primary N) is 1. The Labute approximate surface area is 147 Å². The van der Waals surface area contributed by atoms with E-state index in [1.807, 2.05) is 0 Å². The van der Waals surface area contributed by atoms with Crippen molar-refractivity contribution in [2.24, 2.45) is 5.73 Å². The molecule has 0 aromatic carbocycles. The van der Waals surface area contributed by atoms with Crippen molar-refractivity contribution < 1.29 is 13.6 Å². The van der Waals surface area contributed by atoms with Crippen LogP contribution in [0.25, 0.3) is 11.2 Å². The van der Waals surface area contributed by atoms with Gasteiger partial charge >= 0.3 is 0 Å². The Kier molecular flexibility index (Phi) is 4.69. The smallest absolute Gasteiger partial charge is 0.192 e. The minimum atomic E-state index is -2.16. The van der Waals surface area contributed by atoms with Crippen molar-refractivity contribution in [2.45, 2.75) is 63.5 Å². The lowest BCUT2D eigenvalue weighted by Crippen LogP contribution is -2.49. The van der Waals surface area contributed by atoms with Crippen LogP contribution in [0.3, 0.4) is 0 Å². The Balaban J connectivity index is 1.90. The van der Waals surface area contributed by atoms with Crippen molar-refractivity contribution in [1.82, 2.24) is 19.5 Å². The van der Waals surface area contributed by atoms with Crippen LogP contribution in [0, 0.1) is 0 Å². The first-order chi connectivity index (χ1) is 11.7. The van der Waals surface area contributed by atoms with Gasteiger partial charge < -0.3 is 14.9 Å². The molecule has 1 saturated heterocycles. The Morgan fingerprint density at radius 1 is 1.36 bits per heavy atom. The largest absolute Gasteiger partial charge is 0.408 e. The van der Waals surface area contributed by atoms with Crippen LogP contribution in [0.5, 0.6) is 0 Å². The highest BCUT2D eigenvalue weighted by molar-refractivity contribution is 6.74. The predicted molar refractivity (Wildman–Crippen MR) is 95.3 cm³/mol. The second kappa shape index (κ2) is 6.38. The molecule has 0 bridgehead atoms. The summed E-state index contributed by atoms with van der Waals surface area (Å²) in [6.07, 6.45) is 1.11. The fraction of sp³-hybridized carbons (Fsp3) is 0.688. The highest BCUT2D eigenvalue weighted by Gasteiger charge is 2.51. The monoisotopic (exact) mass is 367 g/mol. The van der Waals surface area contributed by atoms with Crippen LogP contribution in [-0.2, 0) is 9.16 Å². The highest BCUT2D eigenvalue weighted by Crippen LogP contribution is 2.42. The fourth-order valence-corrected chi connectivity index (χ4v) is 4.05. The third kappa shape index (κ3) is 3.21. The SMILES string of the molecule is CC(C)(C)[Si](C)(C)OC1[C@@H](F)[C@H](n2cnc3cncnc32)O[C@@H]1CN. The predicted octanol–water partition coefficient (Wildman–Crippen LogP) is 2.41. The summed E-state index contributed by atoms with van der Waals surface area (Å²) in [4.78, 5) is 12.3. The van der Waals surface area contributed by atoms with Crippen LogP contribution >= 0.6 is 0 Å². The average molecular weight is 368 g/mol. The minimum Gasteiger partial charge on any atom is -0.408 e. The van der Waals surface area contributed by atoms with Gasteiger partial charge in [-0.2, -0.15) is 0 Å². The lowest BCUT2D eigenvalue weighted by Gasteiger charge is -2.39. The second-order valence-electron chi connectivity index (χ2n) is 7.97. The first kappa shape index (κ1) is 18.4. The minimum absolute atomic E-state index is 0.0289. The van der Waals surface area contributed by atoms with E-state index in [-0.39, 0.29) is 11.6 Å². The molecule has 3 heterocycles. The van der Waals surface area contributed by atoms with E-state index >= 15 is 4.39 Å². The number of rotatable bonds is 4. The second-order valence-corrected chi connectivity index (χ2v) is 12.7. The Hall–Kier alpha value is -1.42. The van der Waals surface area contributed by atoms with Gasteiger partial charge in [-0.05, 0) is 18.1 Å². The molecule has 7 nitrogen and oxygen atoms in total. The number of nitrogens with zero attached hydrogens (tertiary/aromatic N) is 4. The summed E-state index contributed by atoms with van der Waals surface area (Å²) in [5.41, 5.74) is 6.96. The zero-order valence-electron chi connectivity index (χ0n) is 15.3. The molecule has 0 radical (unpaired) electrons. The highest BCUT2D eigenvalue weighted by atomic mass is 28.4. The van der Waals surface area contributed by atoms with Gasteiger partial charge in [0.1, 0.15) is 24.1 Å². The molecule has 0 aliphatic carbocycles. The number of hydrogen-bond acceptors (Lipinski definition) is 6. The van der Waals surface area contributed by atoms with Crippen LogP contribution in [-0.4, -0.2) is 52.8 Å². The number of alkyl halides is 1. The van der Waals surface area contributed by atoms with E-state index in [1.54, 1.807) is 10.8 Å². The maximum Gasteiger partial charge on any atom is 0.192 e. The lowest BCUT2D eigenvalue weighted by atomic mass is 10.1. The number of imidazole rings is 1. The molecule has 2 aromatic heterocycles. The third-order valence-corrected chi connectivity index (χ3v) is 9.72. The van der Waals surface area contributed by atoms with Gasteiger partial charge in [0.2, 0.25) is 0 Å². The van der Waals surface area contributed by atoms with Gasteiger partial charge in [0.15, 0.2) is 26.4 Å². The van der Waals surface area contributed by atoms with Crippen molar-refractivity contribution >= 4 is 19.5 Å². The summed E-state index contributed by atoms with van der Waals surface area (Å²) in [5, 5.41) is -0.0289. The van der Waals surface area contributed by atoms with Gasteiger partial charge in [0.25, 0.3) is 0 Å². The van der Waals surface area contributed by atoms with Crippen molar-refractivity contribution in [2.75, 3.05) is 6.54 Å². The van der Waals surface area contributed by atoms with Gasteiger partial charge in [-0.3, -0.25) is 4.57 Å². The van der Waals surface area contributed by atoms with E-state index in [0.717, 1.165) is 0 Å². The van der Waals surface area contributed by atoms with E-state index in [0.29, 0.717) is 11.2 Å². The summed E-state index contributed by atoms with van der Waals surface area (Å²) in [6, 6.07) is 0. The van der Waals surface area contributed by atoms with Crippen LogP contribution in [0.15, 0.2) is 18.9 Å². The van der Waals surface area contributed by atoms with Crippen molar-refractivity contribution in [1.29, 1.82) is 0 Å². The normalized spacial score (nSPS) is 28.0. The van der Waals surface area contributed by atoms with E-state index in [2.05, 4.69) is 48.8 Å². The van der Waals surface area contributed by atoms with Gasteiger partial charge in [-0.15, -0.1) is 0 Å². The number of aromatic nitrogens is 4. The van der Waals surface area contributed by atoms with Crippen molar-refractivity contribution in [3.8, 4) is 0 Å². The summed E-state index contributed by atoms with van der Waals surface area (Å²) >= 11 is 0. The maximum atomic E-state index is 15.3. The molecule has 0 saturated carbocycles. The van der Waals surface area contributed by atoms with Gasteiger partial charge in [-0.25, -0.2) is 19.3 Å². The van der Waals surface area contributed by atoms with Crippen LogP contribution in [0.1, 0.15) is 27.0 Å². The molecule has 1 aliphatic rings. The average Bonchev–Trinajstić information content (AvgIpc) is 3.08. The molecule has 0 spiro atoms. The molecular weight excluding hydrogens is 341 g/mol. The molecule has 9 heteroatoms. The zero-order valence-corrected chi connectivity index (χ0v) is 16.3. The maximum absolute atomic E-state index is 15.3. The quantitative estimate of drug-likeness (QED) is 0.835. The first-order valence-corrected chi connectivity index (χ1v) is 11.4. The van der Waals surface area contributed by atoms with E-state index < -0.39 is 32.9 Å². The lowest BCUT2D eigenvalue weighted by molar-refractivity contribution is -0.0172. The fourth-order valence-electron chi connectivity index (χ4n) is 2.74. The third-order valence-electron chi connectivity index (χ3n) is 5.25. The Bertz CT molecular complexity index is 747. The molecule has 4 atom stereocenters. The Morgan fingerprint density at radius 3 is 2.72 bits per heavy atom. The molecule has 138 valence electrons. The Morgan fingerprint density at radius 2 is 2.08 bits per heavy atom. The van der Waals surface area contributed by atoms with Gasteiger partial charge in [-0.1, -0.05) is 20.8 Å². The van der Waals surface area contributed by atoms with Crippen molar-refractivity contribution in [3.63, 3.8) is 0 Å². The van der Waals surface area contributed by atoms with Crippen LogP contribution in [0.2, 0.25) is 18.1 Å². The van der Waals surface area contributed by atoms with E-state index in [1.165, 1.54) is 12.7 Å². The first-order valence-electron chi connectivity index (χ1n) is 8.45. The molecule has 1 unspecified atom stereocenters. The molecule has 2 N–H and O–H groups in total. The molecule has 2 aromatic rings. The summed E-state index contributed by atoms with van der Waals surface area (Å²) in [6.45, 7) is 10.8. The van der Waals surface area contributed by atoms with Gasteiger partial charge in [0, 0.05) is 6.54 Å². The summed E-state index contributed by atoms with van der Waals surface area (Å²) < 4.78 is 29.1. The number of halogens is 1. The molecule has 25 heavy (non-hydrogen) atoms. The van der Waals surface area contributed by atoms with E-state index in [4.69, 9.17) is 14.9 Å². The molecule has 3 rings (SSSR count). The molecule has 1 aliphatic heterocycles. The molecule has 0 amide bonds. The number of fused-ring (bicyclic) bond motifs is 1. The molecule has 1 fully saturated rings. The van der Waals surface area contributed by atoms with E-state index in [9.17, 15) is 0 Å². The zero-order chi connectivity index (χ0) is 18.4. The van der Waals surface area contributed by atoms with Crippen molar-refractivity contribution in [3.05, 3.63) is 18.9 Å². The summed E-state index contributed by atoms with van der Waals surface area (Å²) in [5.74, 6) is 0. The molecular formula is C16H26FN5O2Si. The summed E-state index contributed by atoms with van der Waals surface area (Å²) in [7, 11) is -2.16. The van der Waals surface area contributed by atoms with Gasteiger partial charge in [0.05, 0.1) is 12.5 Å².